The van der Waals surface area contributed by atoms with E-state index in [-0.39, 0.29) is 6.09 Å². The van der Waals surface area contributed by atoms with Crippen molar-refractivity contribution in [3.05, 3.63) is 21.9 Å². The van der Waals surface area contributed by atoms with Crippen LogP contribution < -0.4 is 4.90 Å². The smallest absolute Gasteiger partial charge is 0.410 e. The van der Waals surface area contributed by atoms with Crippen molar-refractivity contribution < 1.29 is 9.53 Å². The molecule has 2 fully saturated rings. The molecule has 3 heterocycles. The van der Waals surface area contributed by atoms with E-state index in [1.165, 1.54) is 0 Å². The van der Waals surface area contributed by atoms with Gasteiger partial charge in [-0.25, -0.2) is 9.78 Å². The van der Waals surface area contributed by atoms with Gasteiger partial charge < -0.3 is 14.5 Å². The molecule has 0 N–H and O–H groups in total. The number of ether oxygens (including phenoxy) is 1. The predicted molar refractivity (Wildman–Crippen MR) is 94.0 cm³/mol. The lowest BCUT2D eigenvalue weighted by Crippen LogP contribution is -2.37. The minimum Gasteiger partial charge on any atom is -0.444 e. The Morgan fingerprint density at radius 1 is 1.23 bits per heavy atom. The van der Waals surface area contributed by atoms with Gasteiger partial charge in [0.1, 0.15) is 11.4 Å². The summed E-state index contributed by atoms with van der Waals surface area (Å²) in [4.78, 5) is 20.9. The zero-order valence-electron chi connectivity index (χ0n) is 13.3. The fourth-order valence-corrected chi connectivity index (χ4v) is 3.53. The first-order valence-corrected chi connectivity index (χ1v) is 8.74. The monoisotopic (exact) mass is 415 g/mol. The van der Waals surface area contributed by atoms with Gasteiger partial charge in [-0.2, -0.15) is 0 Å². The average Bonchev–Trinajstić information content (AvgIpc) is 2.95. The number of carbonyl (C=O) groups is 1. The third kappa shape index (κ3) is 3.47. The molecule has 0 spiro atoms. The second-order valence-electron chi connectivity index (χ2n) is 7.15. The summed E-state index contributed by atoms with van der Waals surface area (Å²) in [6.07, 6.45) is 1.72. The molecule has 2 aliphatic heterocycles. The number of anilines is 1. The summed E-state index contributed by atoms with van der Waals surface area (Å²) >= 11 is 2.27. The Morgan fingerprint density at radius 2 is 1.86 bits per heavy atom. The van der Waals surface area contributed by atoms with Gasteiger partial charge >= 0.3 is 6.09 Å². The van der Waals surface area contributed by atoms with Crippen LogP contribution in [0.25, 0.3) is 0 Å². The maximum absolute atomic E-state index is 12.2. The highest BCUT2D eigenvalue weighted by atomic mass is 127. The van der Waals surface area contributed by atoms with Crippen LogP contribution in [0.15, 0.2) is 18.3 Å². The molecule has 0 radical (unpaired) electrons. The molecular formula is C16H22IN3O2. The fourth-order valence-electron chi connectivity index (χ4n) is 3.21. The molecule has 3 rings (SSSR count). The van der Waals surface area contributed by atoms with Crippen LogP contribution in [0.4, 0.5) is 10.6 Å². The molecule has 1 aromatic heterocycles. The van der Waals surface area contributed by atoms with Gasteiger partial charge in [-0.3, -0.25) is 0 Å². The van der Waals surface area contributed by atoms with E-state index in [0.29, 0.717) is 11.8 Å². The first-order chi connectivity index (χ1) is 10.3. The molecular weight excluding hydrogens is 393 g/mol. The van der Waals surface area contributed by atoms with Crippen LogP contribution in [-0.4, -0.2) is 47.8 Å². The second kappa shape index (κ2) is 5.86. The number of halogens is 1. The first-order valence-electron chi connectivity index (χ1n) is 7.66. The van der Waals surface area contributed by atoms with E-state index in [4.69, 9.17) is 4.74 Å². The molecule has 6 heteroatoms. The Labute approximate surface area is 145 Å². The highest BCUT2D eigenvalue weighted by Crippen LogP contribution is 2.33. The summed E-state index contributed by atoms with van der Waals surface area (Å²) in [6.45, 7) is 9.25. The number of rotatable bonds is 1. The molecule has 120 valence electrons. The minimum absolute atomic E-state index is 0.180. The lowest BCUT2D eigenvalue weighted by molar-refractivity contribution is 0.0282. The zero-order chi connectivity index (χ0) is 15.9. The van der Waals surface area contributed by atoms with E-state index in [9.17, 15) is 4.79 Å². The van der Waals surface area contributed by atoms with Gasteiger partial charge in [-0.1, -0.05) is 0 Å². The van der Waals surface area contributed by atoms with Crippen molar-refractivity contribution >= 4 is 34.5 Å². The maximum Gasteiger partial charge on any atom is 0.410 e. The largest absolute Gasteiger partial charge is 0.444 e. The molecule has 22 heavy (non-hydrogen) atoms. The third-order valence-corrected chi connectivity index (χ3v) is 4.81. The summed E-state index contributed by atoms with van der Waals surface area (Å²) in [7, 11) is 0. The van der Waals surface area contributed by atoms with Crippen molar-refractivity contribution in [2.45, 2.75) is 26.4 Å². The van der Waals surface area contributed by atoms with Crippen LogP contribution >= 0.6 is 22.6 Å². The molecule has 0 unspecified atom stereocenters. The Balaban J connectivity index is 1.58. The Hall–Kier alpha value is -1.05. The van der Waals surface area contributed by atoms with Gasteiger partial charge in [0.25, 0.3) is 0 Å². The van der Waals surface area contributed by atoms with Gasteiger partial charge in [0.15, 0.2) is 0 Å². The van der Waals surface area contributed by atoms with Gasteiger partial charge in [0.05, 0.1) is 0 Å². The summed E-state index contributed by atoms with van der Waals surface area (Å²) in [5.41, 5.74) is -0.425. The summed E-state index contributed by atoms with van der Waals surface area (Å²) in [5.74, 6) is 2.08. The normalized spacial score (nSPS) is 24.5. The Morgan fingerprint density at radius 3 is 2.36 bits per heavy atom. The van der Waals surface area contributed by atoms with Crippen LogP contribution in [0, 0.1) is 15.4 Å². The third-order valence-electron chi connectivity index (χ3n) is 4.17. The number of likely N-dealkylation sites (tertiary alicyclic amines) is 1. The summed E-state index contributed by atoms with van der Waals surface area (Å²) in [5, 5.41) is 0. The molecule has 0 aromatic carbocycles. The second-order valence-corrected chi connectivity index (χ2v) is 8.39. The SMILES string of the molecule is CC(C)(C)OC(=O)N1C[C@@H]2CN(c3ccc(I)cn3)C[C@@H]2C1. The van der Waals surface area contributed by atoms with Crippen LogP contribution in [0.5, 0.6) is 0 Å². The van der Waals surface area contributed by atoms with E-state index >= 15 is 0 Å². The van der Waals surface area contributed by atoms with Crippen LogP contribution in [0.1, 0.15) is 20.8 Å². The zero-order valence-corrected chi connectivity index (χ0v) is 15.4. The van der Waals surface area contributed by atoms with Crippen LogP contribution in [0.2, 0.25) is 0 Å². The van der Waals surface area contributed by atoms with E-state index in [1.807, 2.05) is 31.9 Å². The molecule has 2 saturated heterocycles. The topological polar surface area (TPSA) is 45.7 Å². The van der Waals surface area contributed by atoms with Crippen LogP contribution in [0.3, 0.4) is 0 Å². The number of aromatic nitrogens is 1. The average molecular weight is 415 g/mol. The maximum atomic E-state index is 12.2. The van der Waals surface area contributed by atoms with E-state index in [1.54, 1.807) is 0 Å². The van der Waals surface area contributed by atoms with Crippen molar-refractivity contribution in [3.8, 4) is 0 Å². The Kier molecular flexibility index (Phi) is 4.22. The van der Waals surface area contributed by atoms with Crippen molar-refractivity contribution in [3.63, 3.8) is 0 Å². The van der Waals surface area contributed by atoms with Crippen molar-refractivity contribution in [2.75, 3.05) is 31.1 Å². The first kappa shape index (κ1) is 15.8. The lowest BCUT2D eigenvalue weighted by Gasteiger charge is -2.26. The number of amides is 1. The minimum atomic E-state index is -0.425. The van der Waals surface area contributed by atoms with Crippen molar-refractivity contribution in [2.24, 2.45) is 11.8 Å². The molecule has 5 nitrogen and oxygen atoms in total. The number of nitrogens with zero attached hydrogens (tertiary/aromatic N) is 3. The number of hydrogen-bond donors (Lipinski definition) is 0. The lowest BCUT2D eigenvalue weighted by atomic mass is 10.0. The summed E-state index contributed by atoms with van der Waals surface area (Å²) in [6, 6.07) is 4.17. The molecule has 0 bridgehead atoms. The molecule has 0 aliphatic carbocycles. The van der Waals surface area contributed by atoms with Crippen LogP contribution in [-0.2, 0) is 4.74 Å². The molecule has 1 aromatic rings. The molecule has 2 aliphatic rings. The van der Waals surface area contributed by atoms with Gasteiger partial charge in [0, 0.05) is 47.8 Å². The van der Waals surface area contributed by atoms with E-state index in [0.717, 1.165) is 35.6 Å². The fraction of sp³-hybridized carbons (Fsp3) is 0.625. The standard InChI is InChI=1S/C16H22IN3O2/c1-16(2,3)22-15(21)20-9-11-7-19(8-12(11)10-20)14-5-4-13(17)6-18-14/h4-6,11-12H,7-10H2,1-3H3/t11-,12+. The van der Waals surface area contributed by atoms with Crippen molar-refractivity contribution in [1.82, 2.24) is 9.88 Å². The summed E-state index contributed by atoms with van der Waals surface area (Å²) < 4.78 is 6.62. The van der Waals surface area contributed by atoms with Gasteiger partial charge in [0.2, 0.25) is 0 Å². The highest BCUT2D eigenvalue weighted by molar-refractivity contribution is 14.1. The Bertz CT molecular complexity index is 542. The van der Waals surface area contributed by atoms with Gasteiger partial charge in [-0.15, -0.1) is 0 Å². The number of carbonyl (C=O) groups excluding carboxylic acids is 1. The van der Waals surface area contributed by atoms with E-state index in [2.05, 4.69) is 44.6 Å². The number of hydrogen-bond acceptors (Lipinski definition) is 4. The highest BCUT2D eigenvalue weighted by Gasteiger charge is 2.43. The molecule has 2 atom stereocenters. The predicted octanol–water partition coefficient (Wildman–Crippen LogP) is 2.99. The molecule has 1 amide bonds. The number of pyridine rings is 1. The van der Waals surface area contributed by atoms with Gasteiger partial charge in [-0.05, 0) is 55.5 Å². The number of fused-ring (bicyclic) bond motifs is 1. The van der Waals surface area contributed by atoms with Crippen molar-refractivity contribution in [1.29, 1.82) is 0 Å². The van der Waals surface area contributed by atoms with E-state index < -0.39 is 5.60 Å². The quantitative estimate of drug-likeness (QED) is 0.662. The molecule has 0 saturated carbocycles.